The van der Waals surface area contributed by atoms with Crippen molar-refractivity contribution < 1.29 is 38.5 Å². The lowest BCUT2D eigenvalue weighted by Crippen LogP contribution is -2.51. The molecule has 5 rings (SSSR count). The summed E-state index contributed by atoms with van der Waals surface area (Å²) < 4.78 is 17.5. The van der Waals surface area contributed by atoms with E-state index in [1.807, 2.05) is 103 Å². The maximum atomic E-state index is 14.1. The summed E-state index contributed by atoms with van der Waals surface area (Å²) in [7, 11) is 3.26. The summed E-state index contributed by atoms with van der Waals surface area (Å²) in [4.78, 5) is 52.9. The fraction of sp³-hybridized carbons (Fsp3) is 0.273. The Morgan fingerprint density at radius 2 is 1.40 bits per heavy atom. The molecule has 5 aromatic rings. The molecule has 3 amide bonds. The van der Waals surface area contributed by atoms with Crippen molar-refractivity contribution in [2.24, 2.45) is 0 Å². The van der Waals surface area contributed by atoms with Crippen molar-refractivity contribution in [3.63, 3.8) is 0 Å². The fourth-order valence-electron chi connectivity index (χ4n) is 6.20. The number of ether oxygens (including phenoxy) is 3. The van der Waals surface area contributed by atoms with E-state index in [0.717, 1.165) is 22.1 Å². The van der Waals surface area contributed by atoms with Crippen LogP contribution in [-0.4, -0.2) is 80.8 Å². The zero-order valence-electron chi connectivity index (χ0n) is 31.9. The summed E-state index contributed by atoms with van der Waals surface area (Å²) in [6.07, 6.45) is 0.263. The second kappa shape index (κ2) is 22.6. The third kappa shape index (κ3) is 13.3. The Bertz CT molecular complexity index is 2070. The van der Waals surface area contributed by atoms with Gasteiger partial charge in [-0.3, -0.25) is 19.2 Å². The molecule has 0 saturated carbocycles. The number of hydrogen-bond acceptors (Lipinski definition) is 8. The standard InChI is InChI=1S/C44H48N4O8.ClH/c1-45-38(29-55-27-32-14-7-4-8-15-32)43(52)47-34(24-30-12-5-3-6-13-30)28-56-39-21-20-33-17-9-10-19-36(33)41(39)44(53)48-37(26-40(49)50)42(51)46-23-22-31-16-11-18-35(25-31)54-2;/h3-21,25,34,37-38,45H,22-24,26-29H2,1-2H3,(H,46,51)(H,47,52)(H,48,53)(H,49,50);1H/t34-,37+,38-;/m1./s1. The summed E-state index contributed by atoms with van der Waals surface area (Å²) in [5.41, 5.74) is 3.01. The molecule has 0 radical (unpaired) electrons. The van der Waals surface area contributed by atoms with Crippen molar-refractivity contribution in [3.05, 3.63) is 144 Å². The molecule has 0 bridgehead atoms. The third-order valence-corrected chi connectivity index (χ3v) is 9.14. The van der Waals surface area contributed by atoms with E-state index in [4.69, 9.17) is 14.2 Å². The number of carboxylic acids is 1. The van der Waals surface area contributed by atoms with Crippen LogP contribution in [-0.2, 0) is 38.6 Å². The number of carbonyl (C=O) groups excluding carboxylic acids is 3. The van der Waals surface area contributed by atoms with Crippen LogP contribution in [0.3, 0.4) is 0 Å². The lowest BCUT2D eigenvalue weighted by molar-refractivity contribution is -0.139. The molecule has 0 aliphatic carbocycles. The summed E-state index contributed by atoms with van der Waals surface area (Å²) >= 11 is 0. The summed E-state index contributed by atoms with van der Waals surface area (Å²) in [5.74, 6) is -1.97. The number of fused-ring (bicyclic) bond motifs is 1. The molecule has 5 aromatic carbocycles. The average molecular weight is 797 g/mol. The molecule has 0 aromatic heterocycles. The molecule has 3 atom stereocenters. The molecule has 0 fully saturated rings. The zero-order valence-corrected chi connectivity index (χ0v) is 32.8. The van der Waals surface area contributed by atoms with Gasteiger partial charge in [0.2, 0.25) is 11.8 Å². The minimum absolute atomic E-state index is 0. The van der Waals surface area contributed by atoms with Gasteiger partial charge in [-0.2, -0.15) is 0 Å². The zero-order chi connectivity index (χ0) is 39.7. The number of methoxy groups -OCH3 is 1. The Balaban J connectivity index is 0.00000720. The molecule has 0 saturated heterocycles. The Kier molecular flexibility index (Phi) is 17.3. The number of hydrogen-bond donors (Lipinski definition) is 5. The highest BCUT2D eigenvalue weighted by molar-refractivity contribution is 6.10. The van der Waals surface area contributed by atoms with E-state index in [-0.39, 0.29) is 49.4 Å². The lowest BCUT2D eigenvalue weighted by atomic mass is 10.0. The number of amides is 3. The van der Waals surface area contributed by atoms with Crippen LogP contribution in [0.4, 0.5) is 0 Å². The Labute approximate surface area is 338 Å². The van der Waals surface area contributed by atoms with Gasteiger partial charge >= 0.3 is 5.97 Å². The second-order valence-electron chi connectivity index (χ2n) is 13.2. The van der Waals surface area contributed by atoms with Crippen LogP contribution in [0.1, 0.15) is 33.5 Å². The van der Waals surface area contributed by atoms with Gasteiger partial charge in [-0.1, -0.05) is 103 Å². The van der Waals surface area contributed by atoms with Crippen molar-refractivity contribution in [2.75, 3.05) is 33.9 Å². The van der Waals surface area contributed by atoms with Gasteiger partial charge in [-0.05, 0) is 65.6 Å². The minimum atomic E-state index is -1.37. The molecule has 0 aliphatic rings. The smallest absolute Gasteiger partial charge is 0.305 e. The Morgan fingerprint density at radius 1 is 0.719 bits per heavy atom. The largest absolute Gasteiger partial charge is 0.497 e. The molecule has 0 spiro atoms. The summed E-state index contributed by atoms with van der Waals surface area (Å²) in [6.45, 7) is 0.692. The third-order valence-electron chi connectivity index (χ3n) is 9.14. The SMILES string of the molecule is CN[C@H](COCc1ccccc1)C(=O)N[C@@H](COc1ccc2ccccc2c1C(=O)N[C@@H](CC(=O)O)C(=O)NCCc1cccc(OC)c1)Cc1ccccc1.Cl. The second-order valence-corrected chi connectivity index (χ2v) is 13.2. The van der Waals surface area contributed by atoms with Crippen LogP contribution in [0.15, 0.2) is 121 Å². The van der Waals surface area contributed by atoms with Gasteiger partial charge in [0, 0.05) is 6.54 Å². The highest BCUT2D eigenvalue weighted by Crippen LogP contribution is 2.29. The van der Waals surface area contributed by atoms with Crippen LogP contribution in [0.2, 0.25) is 0 Å². The van der Waals surface area contributed by atoms with Gasteiger partial charge < -0.3 is 40.6 Å². The highest BCUT2D eigenvalue weighted by Gasteiger charge is 2.28. The Hall–Kier alpha value is -5.95. The number of likely N-dealkylation sites (N-methyl/N-ethyl adjacent to an activating group) is 1. The van der Waals surface area contributed by atoms with Gasteiger partial charge in [0.05, 0.1) is 38.3 Å². The molecule has 5 N–H and O–H groups in total. The predicted octanol–water partition coefficient (Wildman–Crippen LogP) is 5.11. The van der Waals surface area contributed by atoms with Crippen LogP contribution >= 0.6 is 12.4 Å². The number of rotatable bonds is 21. The van der Waals surface area contributed by atoms with Crippen LogP contribution in [0, 0.1) is 0 Å². The summed E-state index contributed by atoms with van der Waals surface area (Å²) in [5, 5.41) is 22.5. The topological polar surface area (TPSA) is 164 Å². The number of aliphatic carboxylic acids is 1. The normalized spacial score (nSPS) is 12.3. The van der Waals surface area contributed by atoms with E-state index in [1.165, 1.54) is 0 Å². The van der Waals surface area contributed by atoms with Gasteiger partial charge in [-0.15, -0.1) is 12.4 Å². The first-order valence-corrected chi connectivity index (χ1v) is 18.4. The van der Waals surface area contributed by atoms with Crippen molar-refractivity contribution in [2.45, 2.75) is 44.0 Å². The molecular weight excluding hydrogens is 748 g/mol. The van der Waals surface area contributed by atoms with Crippen molar-refractivity contribution in [1.82, 2.24) is 21.3 Å². The van der Waals surface area contributed by atoms with E-state index in [1.54, 1.807) is 32.4 Å². The molecule has 0 heterocycles. The number of nitrogens with one attached hydrogen (secondary N) is 4. The molecule has 0 unspecified atom stereocenters. The maximum absolute atomic E-state index is 14.1. The molecule has 300 valence electrons. The molecule has 0 aliphatic heterocycles. The Morgan fingerprint density at radius 3 is 2.11 bits per heavy atom. The number of carboxylic acid groups (broad SMARTS) is 1. The number of carbonyl (C=O) groups is 4. The van der Waals surface area contributed by atoms with E-state index in [2.05, 4.69) is 21.3 Å². The van der Waals surface area contributed by atoms with Crippen molar-refractivity contribution in [3.8, 4) is 11.5 Å². The first-order chi connectivity index (χ1) is 27.2. The average Bonchev–Trinajstić information content (AvgIpc) is 3.21. The number of halogens is 1. The van der Waals surface area contributed by atoms with E-state index < -0.39 is 42.3 Å². The predicted molar refractivity (Wildman–Crippen MR) is 221 cm³/mol. The monoisotopic (exact) mass is 796 g/mol. The molecular formula is C44H49ClN4O8. The fourth-order valence-corrected chi connectivity index (χ4v) is 6.20. The lowest BCUT2D eigenvalue weighted by Gasteiger charge is -2.24. The van der Waals surface area contributed by atoms with E-state index >= 15 is 0 Å². The quantitative estimate of drug-likeness (QED) is 0.0679. The van der Waals surface area contributed by atoms with Gasteiger partial charge in [0.15, 0.2) is 0 Å². The summed E-state index contributed by atoms with van der Waals surface area (Å²) in [6, 6.07) is 34.9. The van der Waals surface area contributed by atoms with Crippen LogP contribution < -0.4 is 30.7 Å². The highest BCUT2D eigenvalue weighted by atomic mass is 35.5. The van der Waals surface area contributed by atoms with Crippen molar-refractivity contribution in [1.29, 1.82) is 0 Å². The van der Waals surface area contributed by atoms with Crippen LogP contribution in [0.5, 0.6) is 11.5 Å². The molecule has 57 heavy (non-hydrogen) atoms. The first-order valence-electron chi connectivity index (χ1n) is 18.4. The first kappa shape index (κ1) is 43.8. The number of benzene rings is 5. The van der Waals surface area contributed by atoms with E-state index in [9.17, 15) is 24.3 Å². The van der Waals surface area contributed by atoms with Gasteiger partial charge in [0.1, 0.15) is 30.2 Å². The molecule has 13 heteroatoms. The van der Waals surface area contributed by atoms with Gasteiger partial charge in [-0.25, -0.2) is 0 Å². The van der Waals surface area contributed by atoms with Crippen LogP contribution in [0.25, 0.3) is 10.8 Å². The van der Waals surface area contributed by atoms with Gasteiger partial charge in [0.25, 0.3) is 5.91 Å². The molecule has 12 nitrogen and oxygen atoms in total. The van der Waals surface area contributed by atoms with E-state index in [0.29, 0.717) is 30.6 Å². The minimum Gasteiger partial charge on any atom is -0.497 e. The maximum Gasteiger partial charge on any atom is 0.305 e. The van der Waals surface area contributed by atoms with Crippen molar-refractivity contribution >= 4 is 46.9 Å².